The lowest BCUT2D eigenvalue weighted by atomic mass is 9.86. The molecule has 7 nitrogen and oxygen atoms in total. The molecule has 0 saturated heterocycles. The third-order valence-electron chi connectivity index (χ3n) is 5.01. The minimum Gasteiger partial charge on any atom is -0.478 e. The Morgan fingerprint density at radius 1 is 1.23 bits per heavy atom. The van der Waals surface area contributed by atoms with E-state index in [2.05, 4.69) is 10.4 Å². The number of carboxylic acids is 1. The summed E-state index contributed by atoms with van der Waals surface area (Å²) in [6.07, 6.45) is 4.85. The van der Waals surface area contributed by atoms with Crippen LogP contribution in [0.2, 0.25) is 0 Å². The Balaban J connectivity index is 1.65. The number of nitrogens with zero attached hydrogens (tertiary/aromatic N) is 2. The third-order valence-corrected chi connectivity index (χ3v) is 5.01. The highest BCUT2D eigenvalue weighted by Crippen LogP contribution is 2.23. The van der Waals surface area contributed by atoms with Crippen LogP contribution in [0.25, 0.3) is 5.69 Å². The van der Waals surface area contributed by atoms with Crippen LogP contribution in [0, 0.1) is 12.8 Å². The quantitative estimate of drug-likeness (QED) is 0.761. The van der Waals surface area contributed by atoms with Gasteiger partial charge in [0.1, 0.15) is 5.56 Å². The number of nitrogens with one attached hydrogen (secondary N) is 1. The van der Waals surface area contributed by atoms with Crippen LogP contribution >= 0.6 is 0 Å². The van der Waals surface area contributed by atoms with Crippen molar-refractivity contribution in [1.29, 1.82) is 0 Å². The maximum Gasteiger partial charge on any atom is 0.339 e. The van der Waals surface area contributed by atoms with Gasteiger partial charge in [-0.1, -0.05) is 12.8 Å². The SMILES string of the molecule is Cc1c(C(=O)O)cnn1-c1ccc(C(=O)NC[C@@H]2CCCC[C@@H]2O)cc1. The minimum atomic E-state index is -1.02. The second-order valence-electron chi connectivity index (χ2n) is 6.73. The number of benzene rings is 1. The van der Waals surface area contributed by atoms with E-state index >= 15 is 0 Å². The summed E-state index contributed by atoms with van der Waals surface area (Å²) in [4.78, 5) is 23.4. The number of carbonyl (C=O) groups excluding carboxylic acids is 1. The summed E-state index contributed by atoms with van der Waals surface area (Å²) in [6.45, 7) is 2.16. The van der Waals surface area contributed by atoms with Crippen molar-refractivity contribution in [1.82, 2.24) is 15.1 Å². The fourth-order valence-corrected chi connectivity index (χ4v) is 3.39. The number of aliphatic hydroxyl groups excluding tert-OH is 1. The van der Waals surface area contributed by atoms with Crippen molar-refractivity contribution in [2.75, 3.05) is 6.54 Å². The molecule has 1 saturated carbocycles. The van der Waals surface area contributed by atoms with Crippen LogP contribution in [0.15, 0.2) is 30.5 Å². The van der Waals surface area contributed by atoms with E-state index < -0.39 is 5.97 Å². The van der Waals surface area contributed by atoms with E-state index in [1.54, 1.807) is 31.2 Å². The van der Waals surface area contributed by atoms with E-state index in [0.29, 0.717) is 23.5 Å². The van der Waals surface area contributed by atoms with Gasteiger partial charge in [0.25, 0.3) is 5.91 Å². The van der Waals surface area contributed by atoms with E-state index in [-0.39, 0.29) is 23.5 Å². The first-order valence-electron chi connectivity index (χ1n) is 8.82. The van der Waals surface area contributed by atoms with Crippen molar-refractivity contribution >= 4 is 11.9 Å². The summed E-state index contributed by atoms with van der Waals surface area (Å²) in [6, 6.07) is 6.83. The maximum atomic E-state index is 12.3. The van der Waals surface area contributed by atoms with Crippen molar-refractivity contribution in [3.8, 4) is 5.69 Å². The number of aromatic nitrogens is 2. The molecule has 138 valence electrons. The molecule has 0 radical (unpaired) electrons. The molecule has 1 fully saturated rings. The summed E-state index contributed by atoms with van der Waals surface area (Å²) >= 11 is 0. The molecule has 1 aliphatic rings. The van der Waals surface area contributed by atoms with Gasteiger partial charge in [-0.15, -0.1) is 0 Å². The number of hydrogen-bond acceptors (Lipinski definition) is 4. The molecule has 2 atom stereocenters. The van der Waals surface area contributed by atoms with Crippen molar-refractivity contribution in [2.45, 2.75) is 38.7 Å². The smallest absolute Gasteiger partial charge is 0.339 e. The average molecular weight is 357 g/mol. The zero-order valence-electron chi connectivity index (χ0n) is 14.7. The first-order chi connectivity index (χ1) is 12.5. The van der Waals surface area contributed by atoms with Gasteiger partial charge in [-0.05, 0) is 44.0 Å². The van der Waals surface area contributed by atoms with Gasteiger partial charge >= 0.3 is 5.97 Å². The van der Waals surface area contributed by atoms with Gasteiger partial charge in [0, 0.05) is 18.0 Å². The molecule has 1 aromatic carbocycles. The van der Waals surface area contributed by atoms with Gasteiger partial charge in [0.15, 0.2) is 0 Å². The molecular weight excluding hydrogens is 334 g/mol. The molecule has 7 heteroatoms. The van der Waals surface area contributed by atoms with E-state index in [0.717, 1.165) is 25.7 Å². The van der Waals surface area contributed by atoms with Crippen LogP contribution in [0.3, 0.4) is 0 Å². The van der Waals surface area contributed by atoms with Crippen LogP contribution in [-0.2, 0) is 0 Å². The molecule has 0 spiro atoms. The summed E-state index contributed by atoms with van der Waals surface area (Å²) in [5, 5.41) is 26.1. The molecule has 1 amide bonds. The lowest BCUT2D eigenvalue weighted by Gasteiger charge is -2.27. The summed E-state index contributed by atoms with van der Waals surface area (Å²) in [5.74, 6) is -1.08. The van der Waals surface area contributed by atoms with E-state index in [9.17, 15) is 14.7 Å². The number of hydrogen-bond donors (Lipinski definition) is 3. The van der Waals surface area contributed by atoms with Gasteiger partial charge in [-0.3, -0.25) is 4.79 Å². The number of carboxylic acid groups (broad SMARTS) is 1. The molecule has 3 N–H and O–H groups in total. The van der Waals surface area contributed by atoms with E-state index in [1.807, 2.05) is 0 Å². The van der Waals surface area contributed by atoms with Crippen molar-refractivity contribution in [3.05, 3.63) is 47.3 Å². The highest BCUT2D eigenvalue weighted by atomic mass is 16.4. The Bertz CT molecular complexity index is 798. The van der Waals surface area contributed by atoms with Crippen LogP contribution in [0.4, 0.5) is 0 Å². The summed E-state index contributed by atoms with van der Waals surface area (Å²) in [5.41, 5.74) is 1.88. The highest BCUT2D eigenvalue weighted by Gasteiger charge is 2.23. The molecule has 0 unspecified atom stereocenters. The fraction of sp³-hybridized carbons (Fsp3) is 0.421. The Labute approximate surface area is 151 Å². The zero-order chi connectivity index (χ0) is 18.7. The number of aliphatic hydroxyl groups is 1. The molecule has 1 aliphatic carbocycles. The van der Waals surface area contributed by atoms with Crippen LogP contribution in [0.5, 0.6) is 0 Å². The molecule has 2 aromatic rings. The minimum absolute atomic E-state index is 0.119. The van der Waals surface area contributed by atoms with E-state index in [1.165, 1.54) is 10.9 Å². The predicted octanol–water partition coefficient (Wildman–Crippen LogP) is 2.16. The Morgan fingerprint density at radius 2 is 1.92 bits per heavy atom. The van der Waals surface area contributed by atoms with Gasteiger partial charge in [0.2, 0.25) is 0 Å². The summed E-state index contributed by atoms with van der Waals surface area (Å²) < 4.78 is 1.53. The predicted molar refractivity (Wildman–Crippen MR) is 95.6 cm³/mol. The summed E-state index contributed by atoms with van der Waals surface area (Å²) in [7, 11) is 0. The van der Waals surface area contributed by atoms with Crippen molar-refractivity contribution in [3.63, 3.8) is 0 Å². The first kappa shape index (κ1) is 18.1. The average Bonchev–Trinajstić information content (AvgIpc) is 3.02. The lowest BCUT2D eigenvalue weighted by molar-refractivity contribution is 0.0661. The van der Waals surface area contributed by atoms with Gasteiger partial charge in [-0.2, -0.15) is 5.10 Å². The van der Waals surface area contributed by atoms with Gasteiger partial charge in [0.05, 0.1) is 23.7 Å². The molecular formula is C19H23N3O4. The molecule has 1 aromatic heterocycles. The van der Waals surface area contributed by atoms with Gasteiger partial charge < -0.3 is 15.5 Å². The molecule has 0 bridgehead atoms. The second kappa shape index (κ2) is 7.70. The normalized spacial score (nSPS) is 19.9. The maximum absolute atomic E-state index is 12.3. The zero-order valence-corrected chi connectivity index (χ0v) is 14.7. The van der Waals surface area contributed by atoms with Gasteiger partial charge in [-0.25, -0.2) is 9.48 Å². The highest BCUT2D eigenvalue weighted by molar-refractivity contribution is 5.94. The second-order valence-corrected chi connectivity index (χ2v) is 6.73. The standard InChI is InChI=1S/C19H23N3O4/c1-12-16(19(25)26)11-21-22(12)15-8-6-13(7-9-15)18(24)20-10-14-4-2-3-5-17(14)23/h6-9,11,14,17,23H,2-5,10H2,1H3,(H,20,24)(H,25,26)/t14-,17-/m0/s1. The van der Waals surface area contributed by atoms with Crippen LogP contribution in [-0.4, -0.2) is 44.5 Å². The molecule has 1 heterocycles. The first-order valence-corrected chi connectivity index (χ1v) is 8.82. The number of rotatable bonds is 5. The number of aromatic carboxylic acids is 1. The Kier molecular flexibility index (Phi) is 5.37. The fourth-order valence-electron chi connectivity index (χ4n) is 3.39. The topological polar surface area (TPSA) is 104 Å². The van der Waals surface area contributed by atoms with Crippen LogP contribution < -0.4 is 5.32 Å². The molecule has 26 heavy (non-hydrogen) atoms. The monoisotopic (exact) mass is 357 g/mol. The Hall–Kier alpha value is -2.67. The number of amides is 1. The van der Waals surface area contributed by atoms with Crippen LogP contribution in [0.1, 0.15) is 52.1 Å². The Morgan fingerprint density at radius 3 is 2.54 bits per heavy atom. The molecule has 0 aliphatic heterocycles. The molecule has 3 rings (SSSR count). The third kappa shape index (κ3) is 3.77. The number of carbonyl (C=O) groups is 2. The van der Waals surface area contributed by atoms with E-state index in [4.69, 9.17) is 5.11 Å². The lowest BCUT2D eigenvalue weighted by Crippen LogP contribution is -2.36. The van der Waals surface area contributed by atoms with Crippen molar-refractivity contribution in [2.24, 2.45) is 5.92 Å². The van der Waals surface area contributed by atoms with Crippen molar-refractivity contribution < 1.29 is 19.8 Å². The largest absolute Gasteiger partial charge is 0.478 e.